The van der Waals surface area contributed by atoms with Gasteiger partial charge in [0.05, 0.1) is 10.6 Å². The number of fused-ring (bicyclic) bond motifs is 1. The Kier molecular flexibility index (Phi) is 2.26. The smallest absolute Gasteiger partial charge is 0.248 e. The van der Waals surface area contributed by atoms with Gasteiger partial charge in [-0.15, -0.1) is 0 Å². The third kappa shape index (κ3) is 1.74. The van der Waals surface area contributed by atoms with Gasteiger partial charge in [-0.1, -0.05) is 6.07 Å². The van der Waals surface area contributed by atoms with E-state index in [-0.39, 0.29) is 16.2 Å². The summed E-state index contributed by atoms with van der Waals surface area (Å²) >= 11 is 0. The van der Waals surface area contributed by atoms with Crippen LogP contribution >= 0.6 is 0 Å². The Hall–Kier alpha value is -1.36. The largest absolute Gasteiger partial charge is 0.366 e. The van der Waals surface area contributed by atoms with Gasteiger partial charge < -0.3 is 5.73 Å². The van der Waals surface area contributed by atoms with E-state index >= 15 is 0 Å². The number of sulfone groups is 1. The monoisotopic (exact) mass is 225 g/mol. The van der Waals surface area contributed by atoms with Crippen LogP contribution in [0, 0.1) is 0 Å². The van der Waals surface area contributed by atoms with Crippen LogP contribution in [0.3, 0.4) is 0 Å². The molecule has 1 aromatic carbocycles. The molecule has 15 heavy (non-hydrogen) atoms. The van der Waals surface area contributed by atoms with E-state index in [0.717, 1.165) is 12.0 Å². The molecule has 0 spiro atoms. The second kappa shape index (κ2) is 3.34. The van der Waals surface area contributed by atoms with Gasteiger partial charge in [-0.25, -0.2) is 8.42 Å². The molecule has 0 aromatic heterocycles. The van der Waals surface area contributed by atoms with Crippen molar-refractivity contribution in [1.82, 2.24) is 0 Å². The van der Waals surface area contributed by atoms with Gasteiger partial charge in [0.2, 0.25) is 5.91 Å². The Morgan fingerprint density at radius 2 is 2.07 bits per heavy atom. The van der Waals surface area contributed by atoms with Crippen LogP contribution in [0.1, 0.15) is 22.3 Å². The first-order valence-electron chi connectivity index (χ1n) is 4.66. The summed E-state index contributed by atoms with van der Waals surface area (Å²) in [4.78, 5) is 11.2. The van der Waals surface area contributed by atoms with E-state index in [0.29, 0.717) is 6.42 Å². The van der Waals surface area contributed by atoms with E-state index in [4.69, 9.17) is 5.73 Å². The number of hydrogen-bond donors (Lipinski definition) is 1. The van der Waals surface area contributed by atoms with Crippen molar-refractivity contribution in [3.8, 4) is 0 Å². The Balaban J connectivity index is 2.64. The summed E-state index contributed by atoms with van der Waals surface area (Å²) in [5.41, 5.74) is 6.13. The van der Waals surface area contributed by atoms with Gasteiger partial charge in [0.1, 0.15) is 0 Å². The Labute approximate surface area is 88.0 Å². The lowest BCUT2D eigenvalue weighted by Gasteiger charge is -2.16. The Morgan fingerprint density at radius 3 is 2.73 bits per heavy atom. The number of carbonyl (C=O) groups excluding carboxylic acids is 1. The average Bonchev–Trinajstić information content (AvgIpc) is 2.17. The van der Waals surface area contributed by atoms with Crippen molar-refractivity contribution >= 4 is 15.7 Å². The third-order valence-corrected chi connectivity index (χ3v) is 4.42. The average molecular weight is 225 g/mol. The van der Waals surface area contributed by atoms with E-state index in [2.05, 4.69) is 0 Å². The number of benzene rings is 1. The van der Waals surface area contributed by atoms with E-state index in [1.165, 1.54) is 6.07 Å². The van der Waals surface area contributed by atoms with Gasteiger partial charge in [-0.3, -0.25) is 4.79 Å². The van der Waals surface area contributed by atoms with E-state index < -0.39 is 15.7 Å². The van der Waals surface area contributed by atoms with Gasteiger partial charge in [0, 0.05) is 5.56 Å². The van der Waals surface area contributed by atoms with Crippen molar-refractivity contribution in [2.45, 2.75) is 17.7 Å². The van der Waals surface area contributed by atoms with Crippen LogP contribution in [-0.4, -0.2) is 20.1 Å². The predicted octanol–water partition coefficient (Wildman–Crippen LogP) is 0.505. The number of aryl methyl sites for hydroxylation is 1. The van der Waals surface area contributed by atoms with E-state index in [9.17, 15) is 13.2 Å². The molecule has 80 valence electrons. The topological polar surface area (TPSA) is 77.2 Å². The molecule has 2 N–H and O–H groups in total. The molecule has 0 aliphatic carbocycles. The summed E-state index contributed by atoms with van der Waals surface area (Å²) in [6.07, 6.45) is 1.39. The highest BCUT2D eigenvalue weighted by molar-refractivity contribution is 7.91. The minimum atomic E-state index is -3.21. The maximum atomic E-state index is 11.7. The minimum absolute atomic E-state index is 0.155. The molecular formula is C10H11NO3S. The zero-order valence-electron chi connectivity index (χ0n) is 8.06. The number of carbonyl (C=O) groups is 1. The Morgan fingerprint density at radius 1 is 1.33 bits per heavy atom. The molecule has 2 rings (SSSR count). The molecule has 1 aliphatic rings. The van der Waals surface area contributed by atoms with Crippen LogP contribution < -0.4 is 5.73 Å². The first kappa shape index (κ1) is 10.2. The fraction of sp³-hybridized carbons (Fsp3) is 0.300. The zero-order valence-corrected chi connectivity index (χ0v) is 8.88. The maximum absolute atomic E-state index is 11.7. The van der Waals surface area contributed by atoms with E-state index in [1.54, 1.807) is 12.1 Å². The predicted molar refractivity (Wildman–Crippen MR) is 55.3 cm³/mol. The lowest BCUT2D eigenvalue weighted by Crippen LogP contribution is -2.18. The quantitative estimate of drug-likeness (QED) is 0.756. The van der Waals surface area contributed by atoms with Crippen molar-refractivity contribution in [2.75, 3.05) is 5.75 Å². The lowest BCUT2D eigenvalue weighted by molar-refractivity contribution is 0.1000. The third-order valence-electron chi connectivity index (χ3n) is 2.55. The number of amides is 1. The molecule has 1 aliphatic heterocycles. The van der Waals surface area contributed by atoms with Gasteiger partial charge >= 0.3 is 0 Å². The SMILES string of the molecule is NC(=O)c1ccc2c(c1)S(=O)(=O)CCC2. The second-order valence-electron chi connectivity index (χ2n) is 3.61. The highest BCUT2D eigenvalue weighted by Crippen LogP contribution is 2.25. The molecule has 5 heteroatoms. The molecule has 1 heterocycles. The first-order chi connectivity index (χ1) is 7.00. The summed E-state index contributed by atoms with van der Waals surface area (Å²) in [5.74, 6) is -0.444. The molecule has 1 amide bonds. The van der Waals surface area contributed by atoms with Crippen LogP contribution in [-0.2, 0) is 16.3 Å². The molecule has 4 nitrogen and oxygen atoms in total. The summed E-state index contributed by atoms with van der Waals surface area (Å²) in [7, 11) is -3.21. The molecule has 0 saturated heterocycles. The normalized spacial score (nSPS) is 18.1. The highest BCUT2D eigenvalue weighted by atomic mass is 32.2. The fourth-order valence-corrected chi connectivity index (χ4v) is 3.39. The zero-order chi connectivity index (χ0) is 11.1. The molecule has 0 saturated carbocycles. The van der Waals surface area contributed by atoms with Crippen LogP contribution in [0.15, 0.2) is 23.1 Å². The van der Waals surface area contributed by atoms with Crippen molar-refractivity contribution in [3.05, 3.63) is 29.3 Å². The standard InChI is InChI=1S/C10H11NO3S/c11-10(12)8-4-3-7-2-1-5-15(13,14)9(7)6-8/h3-4,6H,1-2,5H2,(H2,11,12). The Bertz CT molecular complexity index is 519. The van der Waals surface area contributed by atoms with Crippen LogP contribution in [0.4, 0.5) is 0 Å². The number of hydrogen-bond acceptors (Lipinski definition) is 3. The van der Waals surface area contributed by atoms with Crippen molar-refractivity contribution in [1.29, 1.82) is 0 Å². The summed E-state index contributed by atoms with van der Waals surface area (Å²) < 4.78 is 23.4. The van der Waals surface area contributed by atoms with Gasteiger partial charge in [0.15, 0.2) is 9.84 Å². The molecule has 0 atom stereocenters. The van der Waals surface area contributed by atoms with Crippen molar-refractivity contribution in [2.24, 2.45) is 5.73 Å². The molecule has 0 unspecified atom stereocenters. The maximum Gasteiger partial charge on any atom is 0.248 e. The van der Waals surface area contributed by atoms with E-state index in [1.807, 2.05) is 0 Å². The number of nitrogens with two attached hydrogens (primary N) is 1. The molecule has 0 radical (unpaired) electrons. The summed E-state index contributed by atoms with van der Waals surface area (Å²) in [5, 5.41) is 0. The van der Waals surface area contributed by atoms with Crippen LogP contribution in [0.2, 0.25) is 0 Å². The van der Waals surface area contributed by atoms with Gasteiger partial charge in [-0.05, 0) is 30.5 Å². The minimum Gasteiger partial charge on any atom is -0.366 e. The first-order valence-corrected chi connectivity index (χ1v) is 6.31. The van der Waals surface area contributed by atoms with Crippen molar-refractivity contribution < 1.29 is 13.2 Å². The summed E-state index contributed by atoms with van der Waals surface area (Å²) in [6.45, 7) is 0. The van der Waals surface area contributed by atoms with Crippen LogP contribution in [0.25, 0.3) is 0 Å². The molecule has 0 bridgehead atoms. The van der Waals surface area contributed by atoms with Gasteiger partial charge in [0.25, 0.3) is 0 Å². The lowest BCUT2D eigenvalue weighted by atomic mass is 10.1. The van der Waals surface area contributed by atoms with Crippen LogP contribution in [0.5, 0.6) is 0 Å². The van der Waals surface area contributed by atoms with Gasteiger partial charge in [-0.2, -0.15) is 0 Å². The fourth-order valence-electron chi connectivity index (χ4n) is 1.77. The van der Waals surface area contributed by atoms with Crippen molar-refractivity contribution in [3.63, 3.8) is 0 Å². The molecule has 1 aromatic rings. The molecule has 0 fully saturated rings. The number of rotatable bonds is 1. The summed E-state index contributed by atoms with van der Waals surface area (Å²) in [6, 6.07) is 4.63. The highest BCUT2D eigenvalue weighted by Gasteiger charge is 2.24. The number of primary amides is 1. The second-order valence-corrected chi connectivity index (χ2v) is 5.69. The molecular weight excluding hydrogens is 214 g/mol.